The van der Waals surface area contributed by atoms with Gasteiger partial charge in [0.2, 0.25) is 0 Å². The number of anilines is 4. The second-order valence-electron chi connectivity index (χ2n) is 11.3. The number of benzene rings is 1. The van der Waals surface area contributed by atoms with E-state index in [9.17, 15) is 9.18 Å². The number of amides is 1. The molecule has 0 aliphatic carbocycles. The van der Waals surface area contributed by atoms with E-state index in [4.69, 9.17) is 14.5 Å². The van der Waals surface area contributed by atoms with Gasteiger partial charge >= 0.3 is 6.09 Å². The van der Waals surface area contributed by atoms with E-state index in [0.29, 0.717) is 55.6 Å². The molecule has 2 fully saturated rings. The Bertz CT molecular complexity index is 1410. The molecule has 0 bridgehead atoms. The molecule has 1 N–H and O–H groups in total. The molecule has 2 saturated heterocycles. The van der Waals surface area contributed by atoms with Crippen LogP contribution in [0.15, 0.2) is 30.6 Å². The molecule has 0 unspecified atom stereocenters. The molecular weight excluding hydrogens is 518 g/mol. The molecule has 40 heavy (non-hydrogen) atoms. The van der Waals surface area contributed by atoms with Crippen molar-refractivity contribution in [2.24, 2.45) is 0 Å². The van der Waals surface area contributed by atoms with Gasteiger partial charge in [0.05, 0.1) is 53.6 Å². The number of aromatic nitrogens is 2. The maximum Gasteiger partial charge on any atom is 0.410 e. The summed E-state index contributed by atoms with van der Waals surface area (Å²) in [5, 5.41) is 3.57. The predicted molar refractivity (Wildman–Crippen MR) is 152 cm³/mol. The van der Waals surface area contributed by atoms with Gasteiger partial charge in [-0.05, 0) is 40.7 Å². The van der Waals surface area contributed by atoms with Crippen LogP contribution >= 0.6 is 0 Å². The van der Waals surface area contributed by atoms with Gasteiger partial charge in [0, 0.05) is 56.5 Å². The summed E-state index contributed by atoms with van der Waals surface area (Å²) >= 11 is 0. The molecule has 2 aliphatic heterocycles. The maximum absolute atomic E-state index is 15.2. The van der Waals surface area contributed by atoms with Crippen molar-refractivity contribution in [1.82, 2.24) is 14.9 Å². The van der Waals surface area contributed by atoms with Gasteiger partial charge in [-0.1, -0.05) is 0 Å². The van der Waals surface area contributed by atoms with E-state index in [1.807, 2.05) is 40.7 Å². The summed E-state index contributed by atoms with van der Waals surface area (Å²) in [5.74, 6) is -0.787. The number of halogens is 2. The summed E-state index contributed by atoms with van der Waals surface area (Å²) < 4.78 is 40.6. The fraction of sp³-hybridized carbons (Fsp3) is 0.483. The van der Waals surface area contributed by atoms with Crippen LogP contribution in [0, 0.1) is 18.6 Å². The zero-order valence-corrected chi connectivity index (χ0v) is 23.6. The third-order valence-electron chi connectivity index (χ3n) is 7.15. The third-order valence-corrected chi connectivity index (χ3v) is 7.15. The van der Waals surface area contributed by atoms with Crippen molar-refractivity contribution in [2.75, 3.05) is 61.1 Å². The molecule has 9 nitrogen and oxygen atoms in total. The van der Waals surface area contributed by atoms with Crippen molar-refractivity contribution in [3.8, 4) is 0 Å². The van der Waals surface area contributed by atoms with Gasteiger partial charge < -0.3 is 29.5 Å². The Morgan fingerprint density at radius 2 is 1.82 bits per heavy atom. The van der Waals surface area contributed by atoms with Crippen LogP contribution in [0.4, 0.5) is 36.5 Å². The highest BCUT2D eigenvalue weighted by molar-refractivity contribution is 5.97. The number of hydrogen-bond acceptors (Lipinski definition) is 8. The Morgan fingerprint density at radius 3 is 2.52 bits per heavy atom. The van der Waals surface area contributed by atoms with Gasteiger partial charge in [-0.15, -0.1) is 0 Å². The Labute approximate surface area is 233 Å². The molecule has 214 valence electrons. The molecule has 0 spiro atoms. The van der Waals surface area contributed by atoms with Crippen LogP contribution in [-0.2, 0) is 9.47 Å². The Balaban J connectivity index is 1.48. The van der Waals surface area contributed by atoms with E-state index in [0.717, 1.165) is 24.8 Å². The average molecular weight is 555 g/mol. The Morgan fingerprint density at radius 1 is 1.07 bits per heavy atom. The third kappa shape index (κ3) is 5.89. The molecule has 11 heteroatoms. The van der Waals surface area contributed by atoms with Crippen molar-refractivity contribution in [3.05, 3.63) is 47.8 Å². The van der Waals surface area contributed by atoms with E-state index in [1.165, 1.54) is 6.07 Å². The SMILES string of the molecule is Cc1c(N2CCN(C(=O)OC(C)(C)C)[C@@H](C)C2)nc2cc(F)cc(F)c2c1Nc1cncc(N2CCOCC2)c1. The highest BCUT2D eigenvalue weighted by atomic mass is 19.1. The van der Waals surface area contributed by atoms with Crippen LogP contribution in [-0.4, -0.2) is 78.5 Å². The normalized spacial score (nSPS) is 18.3. The molecule has 3 aromatic rings. The largest absolute Gasteiger partial charge is 0.444 e. The lowest BCUT2D eigenvalue weighted by molar-refractivity contribution is 0.0158. The Kier molecular flexibility index (Phi) is 7.67. The van der Waals surface area contributed by atoms with Gasteiger partial charge in [0.15, 0.2) is 0 Å². The standard InChI is InChI=1S/C29H36F2N6O3/c1-18-17-36(6-7-37(18)28(38)40-29(3,4)5)27-19(2)26(25-23(31)12-20(30)13-24(25)34-27)33-21-14-22(16-32-15-21)35-8-10-39-11-9-35/h12-16,18H,6-11,17H2,1-5H3,(H,33,34)/t18-/m0/s1. The highest BCUT2D eigenvalue weighted by Gasteiger charge is 2.32. The van der Waals surface area contributed by atoms with Gasteiger partial charge in [-0.3, -0.25) is 4.98 Å². The predicted octanol–water partition coefficient (Wildman–Crippen LogP) is 5.24. The van der Waals surface area contributed by atoms with Crippen molar-refractivity contribution in [1.29, 1.82) is 0 Å². The molecule has 4 heterocycles. The number of nitrogens with zero attached hydrogens (tertiary/aromatic N) is 5. The molecule has 2 aromatic heterocycles. The van der Waals surface area contributed by atoms with Gasteiger partial charge in [0.25, 0.3) is 0 Å². The smallest absolute Gasteiger partial charge is 0.410 e. The van der Waals surface area contributed by atoms with E-state index in [1.54, 1.807) is 17.3 Å². The summed E-state index contributed by atoms with van der Waals surface area (Å²) in [6.45, 7) is 13.6. The maximum atomic E-state index is 15.2. The number of piperazine rings is 1. The number of rotatable bonds is 4. The van der Waals surface area contributed by atoms with Crippen LogP contribution in [0.25, 0.3) is 10.9 Å². The second-order valence-corrected chi connectivity index (χ2v) is 11.3. The van der Waals surface area contributed by atoms with Crippen LogP contribution in [0.3, 0.4) is 0 Å². The van der Waals surface area contributed by atoms with E-state index >= 15 is 4.39 Å². The van der Waals surface area contributed by atoms with Crippen LogP contribution in [0.5, 0.6) is 0 Å². The molecule has 0 saturated carbocycles. The number of fused-ring (bicyclic) bond motifs is 1. The molecule has 1 atom stereocenters. The van der Waals surface area contributed by atoms with Crippen molar-refractivity contribution in [2.45, 2.75) is 46.3 Å². The van der Waals surface area contributed by atoms with Crippen molar-refractivity contribution >= 4 is 39.9 Å². The zero-order chi connectivity index (χ0) is 28.6. The molecule has 0 radical (unpaired) electrons. The van der Waals surface area contributed by atoms with Crippen molar-refractivity contribution in [3.63, 3.8) is 0 Å². The van der Waals surface area contributed by atoms with E-state index in [2.05, 4.69) is 20.1 Å². The number of nitrogens with one attached hydrogen (secondary N) is 1. The monoisotopic (exact) mass is 554 g/mol. The minimum atomic E-state index is -0.697. The first-order chi connectivity index (χ1) is 19.0. The van der Waals surface area contributed by atoms with Gasteiger partial charge in [-0.25, -0.2) is 18.6 Å². The molecular formula is C29H36F2N6O3. The summed E-state index contributed by atoms with van der Waals surface area (Å²) in [6.07, 6.45) is 3.11. The topological polar surface area (TPSA) is 83.1 Å². The minimum absolute atomic E-state index is 0.157. The minimum Gasteiger partial charge on any atom is -0.444 e. The quantitative estimate of drug-likeness (QED) is 0.469. The molecule has 1 amide bonds. The number of carbonyl (C=O) groups excluding carboxylic acids is 1. The lowest BCUT2D eigenvalue weighted by Gasteiger charge is -2.41. The van der Waals surface area contributed by atoms with Gasteiger partial charge in [0.1, 0.15) is 23.1 Å². The highest BCUT2D eigenvalue weighted by Crippen LogP contribution is 2.37. The van der Waals surface area contributed by atoms with E-state index in [-0.39, 0.29) is 23.0 Å². The number of pyridine rings is 2. The fourth-order valence-electron chi connectivity index (χ4n) is 5.23. The first-order valence-electron chi connectivity index (χ1n) is 13.6. The van der Waals surface area contributed by atoms with Gasteiger partial charge in [-0.2, -0.15) is 0 Å². The lowest BCUT2D eigenvalue weighted by Crippen LogP contribution is -2.55. The van der Waals surface area contributed by atoms with Crippen LogP contribution in [0.2, 0.25) is 0 Å². The lowest BCUT2D eigenvalue weighted by atomic mass is 10.1. The number of carbonyl (C=O) groups is 1. The molecule has 5 rings (SSSR count). The summed E-state index contributed by atoms with van der Waals surface area (Å²) in [5.41, 5.74) is 2.45. The first-order valence-corrected chi connectivity index (χ1v) is 13.6. The Hall–Kier alpha value is -3.73. The number of hydrogen-bond donors (Lipinski definition) is 1. The van der Waals surface area contributed by atoms with Crippen molar-refractivity contribution < 1.29 is 23.0 Å². The average Bonchev–Trinajstić information content (AvgIpc) is 2.89. The van der Waals surface area contributed by atoms with E-state index < -0.39 is 17.2 Å². The molecule has 1 aromatic carbocycles. The fourth-order valence-corrected chi connectivity index (χ4v) is 5.23. The van der Waals surface area contributed by atoms with Crippen LogP contribution < -0.4 is 15.1 Å². The first kappa shape index (κ1) is 27.8. The summed E-state index contributed by atoms with van der Waals surface area (Å²) in [4.78, 5) is 27.8. The molecule has 2 aliphatic rings. The second kappa shape index (κ2) is 11.0. The zero-order valence-electron chi connectivity index (χ0n) is 23.6. The van der Waals surface area contributed by atoms with Crippen LogP contribution in [0.1, 0.15) is 33.3 Å². The number of ether oxygens (including phenoxy) is 2. The summed E-state index contributed by atoms with van der Waals surface area (Å²) in [7, 11) is 0. The number of morpholine rings is 1. The summed E-state index contributed by atoms with van der Waals surface area (Å²) in [6, 6.07) is 3.93.